The van der Waals surface area contributed by atoms with Crippen molar-refractivity contribution < 1.29 is 0 Å². The molecular weight excluding hydrogens is 220 g/mol. The molecule has 0 spiro atoms. The zero-order chi connectivity index (χ0) is 10.7. The Morgan fingerprint density at radius 1 is 1.25 bits per heavy atom. The highest BCUT2D eigenvalue weighted by Crippen LogP contribution is 2.30. The smallest absolute Gasteiger partial charge is 0.0180 e. The van der Waals surface area contributed by atoms with E-state index in [4.69, 9.17) is 5.73 Å². The highest BCUT2D eigenvalue weighted by Gasteiger charge is 2.22. The minimum atomic E-state index is 0. The molecule has 0 bridgehead atoms. The fourth-order valence-electron chi connectivity index (χ4n) is 3.25. The summed E-state index contributed by atoms with van der Waals surface area (Å²) in [6.45, 7) is 6.09. The van der Waals surface area contributed by atoms with E-state index in [0.29, 0.717) is 6.04 Å². The van der Waals surface area contributed by atoms with Crippen molar-refractivity contribution >= 4 is 12.4 Å². The highest BCUT2D eigenvalue weighted by molar-refractivity contribution is 5.85. The molecule has 1 saturated heterocycles. The van der Waals surface area contributed by atoms with Crippen LogP contribution in [0.3, 0.4) is 0 Å². The SMILES string of the molecule is CC1CCCC(CCN2CCC(N)C2)C1.Cl. The lowest BCUT2D eigenvalue weighted by Gasteiger charge is -2.28. The van der Waals surface area contributed by atoms with E-state index in [2.05, 4.69) is 11.8 Å². The second kappa shape index (κ2) is 6.83. The van der Waals surface area contributed by atoms with Crippen LogP contribution in [-0.4, -0.2) is 30.6 Å². The lowest BCUT2D eigenvalue weighted by molar-refractivity contribution is 0.231. The summed E-state index contributed by atoms with van der Waals surface area (Å²) in [5, 5.41) is 0. The number of halogens is 1. The fourth-order valence-corrected chi connectivity index (χ4v) is 3.25. The third-order valence-corrected chi connectivity index (χ3v) is 4.21. The van der Waals surface area contributed by atoms with Crippen molar-refractivity contribution in [2.24, 2.45) is 17.6 Å². The van der Waals surface area contributed by atoms with Crippen LogP contribution in [0.1, 0.15) is 45.4 Å². The molecule has 2 aliphatic rings. The summed E-state index contributed by atoms with van der Waals surface area (Å²) < 4.78 is 0. The lowest BCUT2D eigenvalue weighted by Crippen LogP contribution is -2.29. The van der Waals surface area contributed by atoms with Gasteiger partial charge in [0.15, 0.2) is 0 Å². The summed E-state index contributed by atoms with van der Waals surface area (Å²) in [5.41, 5.74) is 5.91. The molecule has 96 valence electrons. The molecule has 2 nitrogen and oxygen atoms in total. The van der Waals surface area contributed by atoms with Gasteiger partial charge < -0.3 is 10.6 Å². The maximum absolute atomic E-state index is 5.91. The molecule has 0 amide bonds. The first-order valence-corrected chi connectivity index (χ1v) is 6.72. The molecular formula is C13H27ClN2. The standard InChI is InChI=1S/C13H26N2.ClH/c1-11-3-2-4-12(9-11)5-7-15-8-6-13(14)10-15;/h11-13H,2-10,14H2,1H3;1H. The summed E-state index contributed by atoms with van der Waals surface area (Å²) in [7, 11) is 0. The molecule has 1 heterocycles. The number of nitrogens with zero attached hydrogens (tertiary/aromatic N) is 1. The van der Waals surface area contributed by atoms with E-state index in [1.165, 1.54) is 51.6 Å². The summed E-state index contributed by atoms with van der Waals surface area (Å²) in [5.74, 6) is 1.98. The van der Waals surface area contributed by atoms with Gasteiger partial charge in [-0.25, -0.2) is 0 Å². The Morgan fingerprint density at radius 2 is 2.06 bits per heavy atom. The van der Waals surface area contributed by atoms with E-state index in [1.54, 1.807) is 0 Å². The van der Waals surface area contributed by atoms with E-state index in [0.717, 1.165) is 18.4 Å². The number of rotatable bonds is 3. The number of hydrogen-bond donors (Lipinski definition) is 1. The fraction of sp³-hybridized carbons (Fsp3) is 1.00. The molecule has 16 heavy (non-hydrogen) atoms. The molecule has 3 unspecified atom stereocenters. The van der Waals surface area contributed by atoms with Crippen molar-refractivity contribution in [3.05, 3.63) is 0 Å². The van der Waals surface area contributed by atoms with Gasteiger partial charge in [0.1, 0.15) is 0 Å². The van der Waals surface area contributed by atoms with Gasteiger partial charge in [-0.15, -0.1) is 12.4 Å². The molecule has 3 atom stereocenters. The lowest BCUT2D eigenvalue weighted by atomic mass is 9.81. The molecule has 1 aliphatic carbocycles. The van der Waals surface area contributed by atoms with Gasteiger partial charge in [0.2, 0.25) is 0 Å². The summed E-state index contributed by atoms with van der Waals surface area (Å²) >= 11 is 0. The van der Waals surface area contributed by atoms with E-state index >= 15 is 0 Å². The van der Waals surface area contributed by atoms with E-state index in [1.807, 2.05) is 0 Å². The Hall–Kier alpha value is 0.210. The molecule has 3 heteroatoms. The molecule has 1 saturated carbocycles. The highest BCUT2D eigenvalue weighted by atomic mass is 35.5. The van der Waals surface area contributed by atoms with E-state index in [-0.39, 0.29) is 12.4 Å². The van der Waals surface area contributed by atoms with Crippen LogP contribution in [0.4, 0.5) is 0 Å². The Kier molecular flexibility index (Phi) is 6.09. The van der Waals surface area contributed by atoms with Crippen molar-refractivity contribution in [3.8, 4) is 0 Å². The minimum absolute atomic E-state index is 0. The van der Waals surface area contributed by atoms with Crippen LogP contribution in [0.5, 0.6) is 0 Å². The Bertz CT molecular complexity index is 198. The zero-order valence-corrected chi connectivity index (χ0v) is 11.3. The van der Waals surface area contributed by atoms with E-state index < -0.39 is 0 Å². The third kappa shape index (κ3) is 4.23. The predicted octanol–water partition coefficient (Wildman–Crippen LogP) is 2.66. The van der Waals surface area contributed by atoms with Gasteiger partial charge in [-0.05, 0) is 44.2 Å². The summed E-state index contributed by atoms with van der Waals surface area (Å²) in [6.07, 6.45) is 8.50. The van der Waals surface area contributed by atoms with Crippen molar-refractivity contribution in [1.82, 2.24) is 4.90 Å². The largest absolute Gasteiger partial charge is 0.326 e. The maximum Gasteiger partial charge on any atom is 0.0180 e. The molecule has 1 aliphatic heterocycles. The average molecular weight is 247 g/mol. The normalized spacial score (nSPS) is 36.0. The van der Waals surface area contributed by atoms with Crippen LogP contribution in [0.15, 0.2) is 0 Å². The van der Waals surface area contributed by atoms with Gasteiger partial charge in [-0.3, -0.25) is 0 Å². The molecule has 0 aromatic carbocycles. The van der Waals surface area contributed by atoms with Crippen molar-refractivity contribution in [2.75, 3.05) is 19.6 Å². The van der Waals surface area contributed by atoms with Crippen LogP contribution >= 0.6 is 12.4 Å². The topological polar surface area (TPSA) is 29.3 Å². The van der Waals surface area contributed by atoms with Gasteiger partial charge >= 0.3 is 0 Å². The first kappa shape index (κ1) is 14.3. The Morgan fingerprint density at radius 3 is 2.69 bits per heavy atom. The average Bonchev–Trinajstić information content (AvgIpc) is 2.62. The molecule has 2 N–H and O–H groups in total. The monoisotopic (exact) mass is 246 g/mol. The molecule has 0 aromatic heterocycles. The summed E-state index contributed by atoms with van der Waals surface area (Å²) in [6, 6.07) is 0.454. The predicted molar refractivity (Wildman–Crippen MR) is 72.0 cm³/mol. The molecule has 0 aromatic rings. The Labute approximate surface area is 106 Å². The van der Waals surface area contributed by atoms with Gasteiger partial charge in [0, 0.05) is 12.6 Å². The number of likely N-dealkylation sites (tertiary alicyclic amines) is 1. The third-order valence-electron chi connectivity index (χ3n) is 4.21. The number of nitrogens with two attached hydrogens (primary N) is 1. The van der Waals surface area contributed by atoms with Gasteiger partial charge in [-0.2, -0.15) is 0 Å². The van der Waals surface area contributed by atoms with Crippen LogP contribution in [-0.2, 0) is 0 Å². The summed E-state index contributed by atoms with van der Waals surface area (Å²) in [4.78, 5) is 2.56. The maximum atomic E-state index is 5.91. The van der Waals surface area contributed by atoms with Crippen LogP contribution in [0.2, 0.25) is 0 Å². The van der Waals surface area contributed by atoms with E-state index in [9.17, 15) is 0 Å². The zero-order valence-electron chi connectivity index (χ0n) is 10.5. The van der Waals surface area contributed by atoms with Crippen molar-refractivity contribution in [2.45, 2.75) is 51.5 Å². The minimum Gasteiger partial charge on any atom is -0.326 e. The second-order valence-electron chi connectivity index (χ2n) is 5.78. The van der Waals surface area contributed by atoms with Crippen LogP contribution < -0.4 is 5.73 Å². The quantitative estimate of drug-likeness (QED) is 0.830. The van der Waals surface area contributed by atoms with Crippen molar-refractivity contribution in [1.29, 1.82) is 0 Å². The van der Waals surface area contributed by atoms with Crippen LogP contribution in [0, 0.1) is 11.8 Å². The van der Waals surface area contributed by atoms with Gasteiger partial charge in [-0.1, -0.05) is 26.2 Å². The first-order chi connectivity index (χ1) is 7.24. The van der Waals surface area contributed by atoms with Gasteiger partial charge in [0.25, 0.3) is 0 Å². The number of hydrogen-bond acceptors (Lipinski definition) is 2. The molecule has 2 fully saturated rings. The molecule has 2 rings (SSSR count). The second-order valence-corrected chi connectivity index (χ2v) is 5.78. The van der Waals surface area contributed by atoms with Crippen LogP contribution in [0.25, 0.3) is 0 Å². The first-order valence-electron chi connectivity index (χ1n) is 6.72. The van der Waals surface area contributed by atoms with Crippen molar-refractivity contribution in [3.63, 3.8) is 0 Å². The molecule has 0 radical (unpaired) electrons. The Balaban J connectivity index is 0.00000128. The van der Waals surface area contributed by atoms with Gasteiger partial charge in [0.05, 0.1) is 0 Å².